The summed E-state index contributed by atoms with van der Waals surface area (Å²) in [6.07, 6.45) is 3.42. The smallest absolute Gasteiger partial charge is 0.252 e. The fraction of sp³-hybridized carbons (Fsp3) is 0.643. The van der Waals surface area contributed by atoms with Crippen LogP contribution in [-0.2, 0) is 4.79 Å². The van der Waals surface area contributed by atoms with Crippen LogP contribution in [0.25, 0.3) is 0 Å². The highest BCUT2D eigenvalue weighted by atomic mass is 16.2. The van der Waals surface area contributed by atoms with E-state index in [-0.39, 0.29) is 12.1 Å². The number of nitrogens with zero attached hydrogens (tertiary/aromatic N) is 2. The Morgan fingerprint density at radius 2 is 1.95 bits per heavy atom. The van der Waals surface area contributed by atoms with E-state index in [1.807, 2.05) is 19.1 Å². The fourth-order valence-electron chi connectivity index (χ4n) is 2.36. The van der Waals surface area contributed by atoms with Crippen molar-refractivity contribution in [2.24, 2.45) is 0 Å². The van der Waals surface area contributed by atoms with Gasteiger partial charge in [-0.15, -0.1) is 13.2 Å². The Morgan fingerprint density at radius 3 is 2.42 bits per heavy atom. The molecule has 0 aromatic carbocycles. The summed E-state index contributed by atoms with van der Waals surface area (Å²) in [5, 5.41) is 6.24. The molecule has 0 aliphatic carbocycles. The number of carbonyl (C=O) groups is 1. The van der Waals surface area contributed by atoms with Gasteiger partial charge in [-0.3, -0.25) is 14.6 Å². The van der Waals surface area contributed by atoms with E-state index in [2.05, 4.69) is 33.6 Å². The Balaban J connectivity index is 2.83. The Labute approximate surface area is 116 Å². The Morgan fingerprint density at radius 1 is 1.37 bits per heavy atom. The molecule has 1 amide bonds. The van der Waals surface area contributed by atoms with Gasteiger partial charge >= 0.3 is 0 Å². The van der Waals surface area contributed by atoms with E-state index in [0.717, 1.165) is 26.2 Å². The maximum Gasteiger partial charge on any atom is 0.252 e. The van der Waals surface area contributed by atoms with Gasteiger partial charge in [0.2, 0.25) is 0 Å². The quantitative estimate of drug-likeness (QED) is 0.609. The van der Waals surface area contributed by atoms with E-state index in [0.29, 0.717) is 19.6 Å². The van der Waals surface area contributed by atoms with Crippen molar-refractivity contribution in [1.82, 2.24) is 20.4 Å². The molecule has 0 spiro atoms. The molecule has 0 radical (unpaired) electrons. The number of nitrogens with one attached hydrogen (secondary N) is 2. The molecule has 1 saturated heterocycles. The molecule has 5 nitrogen and oxygen atoms in total. The van der Waals surface area contributed by atoms with E-state index >= 15 is 0 Å². The zero-order valence-corrected chi connectivity index (χ0v) is 11.9. The highest BCUT2D eigenvalue weighted by Crippen LogP contribution is 2.09. The lowest BCUT2D eigenvalue weighted by Gasteiger charge is -2.39. The van der Waals surface area contributed by atoms with Gasteiger partial charge in [-0.25, -0.2) is 0 Å². The van der Waals surface area contributed by atoms with Gasteiger partial charge in [0.1, 0.15) is 6.17 Å². The second-order valence-corrected chi connectivity index (χ2v) is 4.59. The van der Waals surface area contributed by atoms with Crippen molar-refractivity contribution < 1.29 is 4.79 Å². The Hall–Kier alpha value is -1.17. The standard InChI is InChI=1S/C14H26N4O/c1-4-9-17(10-5-2)14(13(19)16-6-3)18-11-7-15-8-12-18/h4-5,14-15H,1-2,6-12H2,3H3,(H,16,19). The average molecular weight is 266 g/mol. The fourth-order valence-corrected chi connectivity index (χ4v) is 2.36. The summed E-state index contributed by atoms with van der Waals surface area (Å²) in [6, 6.07) is 0. The summed E-state index contributed by atoms with van der Waals surface area (Å²) >= 11 is 0. The van der Waals surface area contributed by atoms with Gasteiger partial charge in [-0.05, 0) is 6.92 Å². The van der Waals surface area contributed by atoms with Gasteiger partial charge in [0.25, 0.3) is 5.91 Å². The number of carbonyl (C=O) groups excluding carboxylic acids is 1. The minimum Gasteiger partial charge on any atom is -0.354 e. The van der Waals surface area contributed by atoms with Gasteiger partial charge in [-0.2, -0.15) is 0 Å². The normalized spacial score (nSPS) is 18.0. The Bertz CT molecular complexity index is 290. The second-order valence-electron chi connectivity index (χ2n) is 4.59. The van der Waals surface area contributed by atoms with Crippen molar-refractivity contribution in [2.45, 2.75) is 13.1 Å². The van der Waals surface area contributed by atoms with Crippen molar-refractivity contribution in [1.29, 1.82) is 0 Å². The van der Waals surface area contributed by atoms with Crippen molar-refractivity contribution in [2.75, 3.05) is 45.8 Å². The number of amides is 1. The minimum absolute atomic E-state index is 0.0631. The molecule has 1 rings (SSSR count). The predicted octanol–water partition coefficient (Wildman–Crippen LogP) is 0.0278. The van der Waals surface area contributed by atoms with Crippen LogP contribution in [0.3, 0.4) is 0 Å². The topological polar surface area (TPSA) is 47.6 Å². The zero-order valence-electron chi connectivity index (χ0n) is 11.9. The molecule has 1 fully saturated rings. The molecular formula is C14H26N4O. The van der Waals surface area contributed by atoms with E-state index in [1.54, 1.807) is 0 Å². The third kappa shape index (κ3) is 4.78. The Kier molecular flexibility index (Phi) is 7.40. The zero-order chi connectivity index (χ0) is 14.1. The van der Waals surface area contributed by atoms with Gasteiger partial charge in [0.15, 0.2) is 0 Å². The molecule has 0 aromatic rings. The van der Waals surface area contributed by atoms with Crippen molar-refractivity contribution in [3.8, 4) is 0 Å². The summed E-state index contributed by atoms with van der Waals surface area (Å²) in [6.45, 7) is 15.1. The number of hydrogen-bond donors (Lipinski definition) is 2. The number of hydrogen-bond acceptors (Lipinski definition) is 4. The van der Waals surface area contributed by atoms with Crippen LogP contribution in [0, 0.1) is 0 Å². The van der Waals surface area contributed by atoms with Crippen LogP contribution >= 0.6 is 0 Å². The first-order chi connectivity index (χ1) is 9.24. The lowest BCUT2D eigenvalue weighted by molar-refractivity contribution is -0.133. The number of piperazine rings is 1. The lowest BCUT2D eigenvalue weighted by Crippen LogP contribution is -2.61. The summed E-state index contributed by atoms with van der Waals surface area (Å²) in [5.74, 6) is 0.0631. The molecule has 108 valence electrons. The summed E-state index contributed by atoms with van der Waals surface area (Å²) in [5.41, 5.74) is 0. The highest BCUT2D eigenvalue weighted by Gasteiger charge is 2.31. The van der Waals surface area contributed by atoms with Gasteiger partial charge in [0, 0.05) is 45.8 Å². The van der Waals surface area contributed by atoms with Crippen LogP contribution in [0.5, 0.6) is 0 Å². The highest BCUT2D eigenvalue weighted by molar-refractivity contribution is 5.81. The molecule has 0 aromatic heterocycles. The van der Waals surface area contributed by atoms with Crippen LogP contribution in [0.15, 0.2) is 25.3 Å². The molecule has 1 aliphatic heterocycles. The molecule has 0 bridgehead atoms. The number of rotatable bonds is 8. The third-order valence-electron chi connectivity index (χ3n) is 3.16. The first-order valence-electron chi connectivity index (χ1n) is 6.92. The molecular weight excluding hydrogens is 240 g/mol. The maximum absolute atomic E-state index is 12.4. The van der Waals surface area contributed by atoms with Crippen LogP contribution in [-0.4, -0.2) is 67.7 Å². The average Bonchev–Trinajstić information content (AvgIpc) is 2.41. The largest absolute Gasteiger partial charge is 0.354 e. The van der Waals surface area contributed by atoms with Crippen molar-refractivity contribution in [3.05, 3.63) is 25.3 Å². The molecule has 19 heavy (non-hydrogen) atoms. The van der Waals surface area contributed by atoms with Crippen LogP contribution in [0.2, 0.25) is 0 Å². The molecule has 1 unspecified atom stereocenters. The molecule has 1 heterocycles. The molecule has 0 saturated carbocycles. The minimum atomic E-state index is -0.238. The summed E-state index contributed by atoms with van der Waals surface area (Å²) < 4.78 is 0. The maximum atomic E-state index is 12.4. The van der Waals surface area contributed by atoms with Crippen LogP contribution in [0.4, 0.5) is 0 Å². The first kappa shape index (κ1) is 15.9. The van der Waals surface area contributed by atoms with Gasteiger partial charge < -0.3 is 10.6 Å². The van der Waals surface area contributed by atoms with Crippen molar-refractivity contribution in [3.63, 3.8) is 0 Å². The molecule has 1 atom stereocenters. The van der Waals surface area contributed by atoms with E-state index < -0.39 is 0 Å². The third-order valence-corrected chi connectivity index (χ3v) is 3.16. The molecule has 1 aliphatic rings. The van der Waals surface area contributed by atoms with Gasteiger partial charge in [-0.1, -0.05) is 12.2 Å². The van der Waals surface area contributed by atoms with Crippen molar-refractivity contribution >= 4 is 5.91 Å². The van der Waals surface area contributed by atoms with Crippen LogP contribution < -0.4 is 10.6 Å². The number of likely N-dealkylation sites (N-methyl/N-ethyl adjacent to an activating group) is 1. The monoisotopic (exact) mass is 266 g/mol. The molecule has 5 heteroatoms. The predicted molar refractivity (Wildman–Crippen MR) is 78.9 cm³/mol. The van der Waals surface area contributed by atoms with E-state index in [9.17, 15) is 4.79 Å². The SMILES string of the molecule is C=CCN(CC=C)C(C(=O)NCC)N1CCNCC1. The summed E-state index contributed by atoms with van der Waals surface area (Å²) in [4.78, 5) is 16.7. The first-order valence-corrected chi connectivity index (χ1v) is 6.92. The second kappa shape index (κ2) is 8.85. The molecule has 2 N–H and O–H groups in total. The van der Waals surface area contributed by atoms with E-state index in [4.69, 9.17) is 0 Å². The van der Waals surface area contributed by atoms with Crippen LogP contribution in [0.1, 0.15) is 6.92 Å². The lowest BCUT2D eigenvalue weighted by atomic mass is 10.2. The summed E-state index contributed by atoms with van der Waals surface area (Å²) in [7, 11) is 0. The van der Waals surface area contributed by atoms with Gasteiger partial charge in [0.05, 0.1) is 0 Å². The van der Waals surface area contributed by atoms with E-state index in [1.165, 1.54) is 0 Å².